The van der Waals surface area contributed by atoms with Crippen molar-refractivity contribution in [1.82, 2.24) is 15.1 Å². The number of carbonyl (C=O) groups is 3. The van der Waals surface area contributed by atoms with Crippen molar-refractivity contribution in [3.8, 4) is 0 Å². The Kier molecular flexibility index (Phi) is 6.59. The first kappa shape index (κ1) is 20.5. The van der Waals surface area contributed by atoms with E-state index in [0.717, 1.165) is 11.6 Å². The summed E-state index contributed by atoms with van der Waals surface area (Å²) in [5.41, 5.74) is 1.84. The van der Waals surface area contributed by atoms with Crippen LogP contribution in [0.3, 0.4) is 0 Å². The quantitative estimate of drug-likeness (QED) is 0.860. The Balaban J connectivity index is 1.53. The van der Waals surface area contributed by atoms with Crippen LogP contribution < -0.4 is 5.32 Å². The minimum Gasteiger partial charge on any atom is -0.343 e. The van der Waals surface area contributed by atoms with Crippen molar-refractivity contribution in [2.45, 2.75) is 13.3 Å². The summed E-state index contributed by atoms with van der Waals surface area (Å²) in [6.07, 6.45) is 0.668. The van der Waals surface area contributed by atoms with E-state index in [4.69, 9.17) is 0 Å². The zero-order valence-electron chi connectivity index (χ0n) is 16.4. The molecule has 0 spiro atoms. The first-order valence-corrected chi connectivity index (χ1v) is 9.61. The van der Waals surface area contributed by atoms with Gasteiger partial charge in [0.05, 0.1) is 6.54 Å². The molecule has 29 heavy (non-hydrogen) atoms. The average Bonchev–Trinajstić information content (AvgIpc) is 2.97. The van der Waals surface area contributed by atoms with Crippen LogP contribution in [0.15, 0.2) is 48.5 Å². The molecule has 3 amide bonds. The Hall–Kier alpha value is -3.22. The summed E-state index contributed by atoms with van der Waals surface area (Å²) >= 11 is 0. The van der Waals surface area contributed by atoms with Crippen LogP contribution in [-0.2, 0) is 4.79 Å². The third kappa shape index (κ3) is 5.40. The third-order valence-corrected chi connectivity index (χ3v) is 4.89. The van der Waals surface area contributed by atoms with Crippen LogP contribution >= 0.6 is 0 Å². The lowest BCUT2D eigenvalue weighted by atomic mass is 10.1. The summed E-state index contributed by atoms with van der Waals surface area (Å²) in [4.78, 5) is 40.7. The highest BCUT2D eigenvalue weighted by Gasteiger charge is 2.23. The molecule has 152 valence electrons. The minimum atomic E-state index is -0.505. The summed E-state index contributed by atoms with van der Waals surface area (Å²) in [7, 11) is 0. The number of hydrogen-bond donors (Lipinski definition) is 1. The molecule has 3 rings (SSSR count). The Morgan fingerprint density at radius 3 is 2.38 bits per heavy atom. The second-order valence-electron chi connectivity index (χ2n) is 7.09. The Morgan fingerprint density at radius 2 is 1.62 bits per heavy atom. The molecule has 7 heteroatoms. The molecular formula is C22H24FN3O3. The molecule has 1 saturated heterocycles. The molecule has 0 aliphatic carbocycles. The van der Waals surface area contributed by atoms with Crippen molar-refractivity contribution in [2.24, 2.45) is 0 Å². The zero-order chi connectivity index (χ0) is 20.8. The second-order valence-corrected chi connectivity index (χ2v) is 7.09. The van der Waals surface area contributed by atoms with Crippen LogP contribution in [-0.4, -0.2) is 60.2 Å². The lowest BCUT2D eigenvalue weighted by Crippen LogP contribution is -2.42. The van der Waals surface area contributed by atoms with Crippen LogP contribution in [0.5, 0.6) is 0 Å². The molecule has 1 fully saturated rings. The Morgan fingerprint density at radius 1 is 0.931 bits per heavy atom. The smallest absolute Gasteiger partial charge is 0.253 e. The van der Waals surface area contributed by atoms with Crippen molar-refractivity contribution in [1.29, 1.82) is 0 Å². The number of hydrogen-bond acceptors (Lipinski definition) is 3. The number of rotatable bonds is 4. The maximum atomic E-state index is 13.2. The Labute approximate surface area is 169 Å². The molecule has 6 nitrogen and oxygen atoms in total. The van der Waals surface area contributed by atoms with E-state index in [-0.39, 0.29) is 23.9 Å². The van der Waals surface area contributed by atoms with Crippen molar-refractivity contribution in [3.05, 3.63) is 71.0 Å². The standard InChI is InChI=1S/C22H24FN3O3/c1-16-5-2-7-18(13-16)22(29)26-10-4-9-25(11-12-26)20(27)15-24-21(28)17-6-3-8-19(23)14-17/h2-3,5-8,13-14H,4,9-12,15H2,1H3,(H,24,28). The topological polar surface area (TPSA) is 69.7 Å². The van der Waals surface area contributed by atoms with Crippen LogP contribution in [0.25, 0.3) is 0 Å². The van der Waals surface area contributed by atoms with E-state index in [9.17, 15) is 18.8 Å². The van der Waals surface area contributed by atoms with Gasteiger partial charge in [0.2, 0.25) is 5.91 Å². The number of benzene rings is 2. The Bertz CT molecular complexity index is 916. The van der Waals surface area contributed by atoms with Gasteiger partial charge in [-0.3, -0.25) is 14.4 Å². The first-order chi connectivity index (χ1) is 13.9. The van der Waals surface area contributed by atoms with E-state index < -0.39 is 11.7 Å². The van der Waals surface area contributed by atoms with Gasteiger partial charge in [-0.2, -0.15) is 0 Å². The monoisotopic (exact) mass is 397 g/mol. The summed E-state index contributed by atoms with van der Waals surface area (Å²) in [5, 5.41) is 2.53. The average molecular weight is 397 g/mol. The van der Waals surface area contributed by atoms with Gasteiger partial charge in [0, 0.05) is 37.3 Å². The van der Waals surface area contributed by atoms with E-state index in [1.54, 1.807) is 15.9 Å². The SMILES string of the molecule is Cc1cccc(C(=O)N2CCCN(C(=O)CNC(=O)c3cccc(F)c3)CC2)c1. The van der Waals surface area contributed by atoms with Crippen molar-refractivity contribution >= 4 is 17.7 Å². The molecule has 1 aliphatic heterocycles. The van der Waals surface area contributed by atoms with Crippen molar-refractivity contribution in [3.63, 3.8) is 0 Å². The van der Waals surface area contributed by atoms with Gasteiger partial charge in [-0.15, -0.1) is 0 Å². The van der Waals surface area contributed by atoms with E-state index in [2.05, 4.69) is 5.32 Å². The summed E-state index contributed by atoms with van der Waals surface area (Å²) in [6, 6.07) is 12.8. The molecule has 0 aromatic heterocycles. The predicted octanol–water partition coefficient (Wildman–Crippen LogP) is 2.24. The van der Waals surface area contributed by atoms with Gasteiger partial charge in [0.25, 0.3) is 11.8 Å². The third-order valence-electron chi connectivity index (χ3n) is 4.89. The van der Waals surface area contributed by atoms with Crippen molar-refractivity contribution in [2.75, 3.05) is 32.7 Å². The number of carbonyl (C=O) groups excluding carboxylic acids is 3. The van der Waals surface area contributed by atoms with Crippen molar-refractivity contribution < 1.29 is 18.8 Å². The fourth-order valence-electron chi connectivity index (χ4n) is 3.33. The van der Waals surface area contributed by atoms with Gasteiger partial charge in [0.15, 0.2) is 0 Å². The highest BCUT2D eigenvalue weighted by Crippen LogP contribution is 2.11. The summed E-state index contributed by atoms with van der Waals surface area (Å²) < 4.78 is 13.2. The molecule has 2 aromatic rings. The number of halogens is 1. The summed E-state index contributed by atoms with van der Waals surface area (Å²) in [6.45, 7) is 3.72. The second kappa shape index (κ2) is 9.32. The molecule has 0 bridgehead atoms. The highest BCUT2D eigenvalue weighted by molar-refractivity contribution is 5.96. The van der Waals surface area contributed by atoms with Crippen LogP contribution in [0.2, 0.25) is 0 Å². The molecule has 2 aromatic carbocycles. The van der Waals surface area contributed by atoms with E-state index >= 15 is 0 Å². The molecular weight excluding hydrogens is 373 g/mol. The van der Waals surface area contributed by atoms with Crippen LogP contribution in [0.4, 0.5) is 4.39 Å². The highest BCUT2D eigenvalue weighted by atomic mass is 19.1. The van der Waals surface area contributed by atoms with Gasteiger partial charge in [-0.05, 0) is 43.7 Å². The van der Waals surface area contributed by atoms with Crippen LogP contribution in [0.1, 0.15) is 32.7 Å². The molecule has 1 N–H and O–H groups in total. The zero-order valence-corrected chi connectivity index (χ0v) is 16.4. The maximum Gasteiger partial charge on any atom is 0.253 e. The molecule has 0 saturated carbocycles. The lowest BCUT2D eigenvalue weighted by Gasteiger charge is -2.22. The molecule has 0 unspecified atom stereocenters. The van der Waals surface area contributed by atoms with Gasteiger partial charge in [0.1, 0.15) is 5.82 Å². The number of aryl methyl sites for hydroxylation is 1. The molecule has 1 aliphatic rings. The predicted molar refractivity (Wildman–Crippen MR) is 107 cm³/mol. The normalized spacial score (nSPS) is 14.3. The van der Waals surface area contributed by atoms with E-state index in [0.29, 0.717) is 38.2 Å². The molecule has 0 radical (unpaired) electrons. The largest absolute Gasteiger partial charge is 0.343 e. The summed E-state index contributed by atoms with van der Waals surface area (Å²) in [5.74, 6) is -1.26. The minimum absolute atomic E-state index is 0.0394. The molecule has 1 heterocycles. The fourth-order valence-corrected chi connectivity index (χ4v) is 3.33. The lowest BCUT2D eigenvalue weighted by molar-refractivity contribution is -0.129. The van der Waals surface area contributed by atoms with E-state index in [1.807, 2.05) is 25.1 Å². The fraction of sp³-hybridized carbons (Fsp3) is 0.318. The van der Waals surface area contributed by atoms with Gasteiger partial charge < -0.3 is 15.1 Å². The van der Waals surface area contributed by atoms with E-state index in [1.165, 1.54) is 18.2 Å². The maximum absolute atomic E-state index is 13.2. The van der Waals surface area contributed by atoms with Gasteiger partial charge >= 0.3 is 0 Å². The van der Waals surface area contributed by atoms with Crippen LogP contribution in [0, 0.1) is 12.7 Å². The van der Waals surface area contributed by atoms with Gasteiger partial charge in [-0.25, -0.2) is 4.39 Å². The first-order valence-electron chi connectivity index (χ1n) is 9.61. The number of amides is 3. The number of nitrogens with one attached hydrogen (secondary N) is 1. The van der Waals surface area contributed by atoms with Gasteiger partial charge in [-0.1, -0.05) is 23.8 Å². The number of nitrogens with zero attached hydrogens (tertiary/aromatic N) is 2. The molecule has 0 atom stereocenters.